The zero-order chi connectivity index (χ0) is 13.8. The van der Waals surface area contributed by atoms with Gasteiger partial charge in [-0.1, -0.05) is 0 Å². The molecule has 0 saturated carbocycles. The highest BCUT2D eigenvalue weighted by molar-refractivity contribution is 5.94. The molecule has 1 heterocycles. The summed E-state index contributed by atoms with van der Waals surface area (Å²) in [5, 5.41) is 2.70. The van der Waals surface area contributed by atoms with Gasteiger partial charge in [0.15, 0.2) is 0 Å². The smallest absolute Gasteiger partial charge is 0.313 e. The van der Waals surface area contributed by atoms with E-state index in [2.05, 4.69) is 15.0 Å². The number of pyridine rings is 1. The maximum Gasteiger partial charge on any atom is 0.313 e. The Labute approximate surface area is 107 Å². The Morgan fingerprint density at radius 3 is 2.61 bits per heavy atom. The van der Waals surface area contributed by atoms with E-state index in [0.717, 1.165) is 5.56 Å². The van der Waals surface area contributed by atoms with Crippen molar-refractivity contribution in [3.8, 4) is 0 Å². The number of methoxy groups -OCH3 is 1. The molecule has 0 radical (unpaired) electrons. The Balaban J connectivity index is 2.64. The molecule has 0 fully saturated rings. The molecule has 18 heavy (non-hydrogen) atoms. The first-order valence-electron chi connectivity index (χ1n) is 5.65. The molecule has 1 N–H and O–H groups in total. The molecule has 1 aromatic rings. The average Bonchev–Trinajstić information content (AvgIpc) is 2.35. The summed E-state index contributed by atoms with van der Waals surface area (Å²) >= 11 is 0. The zero-order valence-electron chi connectivity index (χ0n) is 11.1. The lowest BCUT2D eigenvalue weighted by Gasteiger charge is -2.21. The van der Waals surface area contributed by atoms with Crippen LogP contribution in [0.3, 0.4) is 0 Å². The van der Waals surface area contributed by atoms with Crippen LogP contribution in [0, 0.1) is 12.3 Å². The van der Waals surface area contributed by atoms with Crippen molar-refractivity contribution in [3.05, 3.63) is 29.6 Å². The number of carbonyl (C=O) groups excluding carboxylic acids is 2. The molecule has 0 unspecified atom stereocenters. The summed E-state index contributed by atoms with van der Waals surface area (Å²) in [5.74, 6) is -0.603. The molecular weight excluding hydrogens is 232 g/mol. The van der Waals surface area contributed by atoms with Crippen LogP contribution in [0.2, 0.25) is 0 Å². The first-order valence-corrected chi connectivity index (χ1v) is 5.65. The lowest BCUT2D eigenvalue weighted by Crippen LogP contribution is -2.39. The van der Waals surface area contributed by atoms with Crippen molar-refractivity contribution in [1.29, 1.82) is 0 Å². The summed E-state index contributed by atoms with van der Waals surface area (Å²) in [5.41, 5.74) is 0.646. The highest BCUT2D eigenvalue weighted by Gasteiger charge is 2.29. The quantitative estimate of drug-likeness (QED) is 0.818. The van der Waals surface area contributed by atoms with Crippen molar-refractivity contribution in [3.63, 3.8) is 0 Å². The number of esters is 1. The third-order valence-electron chi connectivity index (χ3n) is 2.57. The highest BCUT2D eigenvalue weighted by atomic mass is 16.5. The van der Waals surface area contributed by atoms with Crippen LogP contribution in [0.1, 0.15) is 29.8 Å². The Hall–Kier alpha value is -1.91. The van der Waals surface area contributed by atoms with Crippen LogP contribution >= 0.6 is 0 Å². The molecule has 0 aromatic carbocycles. The molecule has 0 spiro atoms. The van der Waals surface area contributed by atoms with Gasteiger partial charge in [0, 0.05) is 18.9 Å². The Bertz CT molecular complexity index is 455. The van der Waals surface area contributed by atoms with Gasteiger partial charge < -0.3 is 10.1 Å². The van der Waals surface area contributed by atoms with Crippen LogP contribution in [0.5, 0.6) is 0 Å². The number of amides is 1. The Morgan fingerprint density at radius 1 is 1.39 bits per heavy atom. The Kier molecular flexibility index (Phi) is 4.42. The van der Waals surface area contributed by atoms with Crippen molar-refractivity contribution in [1.82, 2.24) is 10.3 Å². The molecule has 1 rings (SSSR count). The lowest BCUT2D eigenvalue weighted by molar-refractivity contribution is -0.150. The topological polar surface area (TPSA) is 68.3 Å². The monoisotopic (exact) mass is 250 g/mol. The minimum absolute atomic E-state index is 0.215. The van der Waals surface area contributed by atoms with Crippen LogP contribution in [0.15, 0.2) is 18.5 Å². The van der Waals surface area contributed by atoms with Gasteiger partial charge in [0.05, 0.1) is 18.1 Å². The summed E-state index contributed by atoms with van der Waals surface area (Å²) < 4.78 is 4.67. The fraction of sp³-hybridized carbons (Fsp3) is 0.462. The number of nitrogens with one attached hydrogen (secondary N) is 1. The molecular formula is C13H18N2O3. The molecule has 0 aliphatic heterocycles. The molecule has 0 saturated heterocycles. The SMILES string of the molecule is COC(=O)C(C)(C)CNC(=O)c1cncc(C)c1. The third kappa shape index (κ3) is 3.55. The minimum Gasteiger partial charge on any atom is -0.469 e. The van der Waals surface area contributed by atoms with Gasteiger partial charge in [-0.2, -0.15) is 0 Å². The maximum atomic E-state index is 11.9. The van der Waals surface area contributed by atoms with Crippen molar-refractivity contribution in [2.75, 3.05) is 13.7 Å². The number of hydrogen-bond donors (Lipinski definition) is 1. The summed E-state index contributed by atoms with van der Waals surface area (Å²) in [7, 11) is 1.33. The van der Waals surface area contributed by atoms with Gasteiger partial charge in [-0.15, -0.1) is 0 Å². The van der Waals surface area contributed by atoms with E-state index in [9.17, 15) is 9.59 Å². The number of aromatic nitrogens is 1. The van der Waals surface area contributed by atoms with E-state index >= 15 is 0 Å². The number of carbonyl (C=O) groups is 2. The lowest BCUT2D eigenvalue weighted by atomic mass is 9.93. The van der Waals surface area contributed by atoms with Gasteiger partial charge in [-0.3, -0.25) is 14.6 Å². The van der Waals surface area contributed by atoms with Gasteiger partial charge in [0.2, 0.25) is 0 Å². The van der Waals surface area contributed by atoms with Gasteiger partial charge in [0.25, 0.3) is 5.91 Å². The third-order valence-corrected chi connectivity index (χ3v) is 2.57. The highest BCUT2D eigenvalue weighted by Crippen LogP contribution is 2.15. The van der Waals surface area contributed by atoms with Gasteiger partial charge in [-0.05, 0) is 32.4 Å². The van der Waals surface area contributed by atoms with E-state index < -0.39 is 5.41 Å². The van der Waals surface area contributed by atoms with E-state index in [-0.39, 0.29) is 18.4 Å². The standard InChI is InChI=1S/C13H18N2O3/c1-9-5-10(7-14-6-9)11(16)15-8-13(2,3)12(17)18-4/h5-7H,8H2,1-4H3,(H,15,16). The number of aryl methyl sites for hydroxylation is 1. The second-order valence-electron chi connectivity index (χ2n) is 4.81. The van der Waals surface area contributed by atoms with Crippen LogP contribution < -0.4 is 5.32 Å². The second kappa shape index (κ2) is 5.62. The van der Waals surface area contributed by atoms with Crippen LogP contribution in [0.4, 0.5) is 0 Å². The van der Waals surface area contributed by atoms with E-state index in [4.69, 9.17) is 0 Å². The maximum absolute atomic E-state index is 11.9. The second-order valence-corrected chi connectivity index (χ2v) is 4.81. The first-order chi connectivity index (χ1) is 8.36. The minimum atomic E-state index is -0.748. The molecule has 98 valence electrons. The summed E-state index contributed by atoms with van der Waals surface area (Å²) in [6.45, 7) is 5.51. The fourth-order valence-electron chi connectivity index (χ4n) is 1.43. The van der Waals surface area contributed by atoms with E-state index in [1.165, 1.54) is 13.3 Å². The van der Waals surface area contributed by atoms with E-state index in [1.54, 1.807) is 26.1 Å². The predicted octanol–water partition coefficient (Wildman–Crippen LogP) is 1.32. The predicted molar refractivity (Wildman–Crippen MR) is 67.1 cm³/mol. The molecule has 0 atom stereocenters. The van der Waals surface area contributed by atoms with Crippen molar-refractivity contribution >= 4 is 11.9 Å². The number of hydrogen-bond acceptors (Lipinski definition) is 4. The molecule has 1 amide bonds. The Morgan fingerprint density at radius 2 is 2.06 bits per heavy atom. The van der Waals surface area contributed by atoms with Crippen molar-refractivity contribution in [2.24, 2.45) is 5.41 Å². The number of nitrogens with zero attached hydrogens (tertiary/aromatic N) is 1. The molecule has 0 bridgehead atoms. The fourth-order valence-corrected chi connectivity index (χ4v) is 1.43. The van der Waals surface area contributed by atoms with Gasteiger partial charge in [-0.25, -0.2) is 0 Å². The largest absolute Gasteiger partial charge is 0.469 e. The molecule has 0 aliphatic rings. The summed E-state index contributed by atoms with van der Waals surface area (Å²) in [6.07, 6.45) is 3.17. The summed E-state index contributed by atoms with van der Waals surface area (Å²) in [6, 6.07) is 1.74. The normalized spacial score (nSPS) is 10.9. The molecule has 5 nitrogen and oxygen atoms in total. The van der Waals surface area contributed by atoms with Crippen LogP contribution in [0.25, 0.3) is 0 Å². The van der Waals surface area contributed by atoms with E-state index in [0.29, 0.717) is 5.56 Å². The van der Waals surface area contributed by atoms with Crippen LogP contribution in [-0.4, -0.2) is 30.5 Å². The van der Waals surface area contributed by atoms with Crippen molar-refractivity contribution in [2.45, 2.75) is 20.8 Å². The molecule has 1 aromatic heterocycles. The van der Waals surface area contributed by atoms with Crippen LogP contribution in [-0.2, 0) is 9.53 Å². The zero-order valence-corrected chi connectivity index (χ0v) is 11.1. The van der Waals surface area contributed by atoms with Crippen molar-refractivity contribution < 1.29 is 14.3 Å². The van der Waals surface area contributed by atoms with Gasteiger partial charge in [0.1, 0.15) is 0 Å². The number of ether oxygens (including phenoxy) is 1. The number of rotatable bonds is 4. The first kappa shape index (κ1) is 14.2. The van der Waals surface area contributed by atoms with Gasteiger partial charge >= 0.3 is 5.97 Å². The summed E-state index contributed by atoms with van der Waals surface area (Å²) in [4.78, 5) is 27.3. The molecule has 0 aliphatic carbocycles. The molecule has 5 heteroatoms. The average molecular weight is 250 g/mol. The van der Waals surface area contributed by atoms with E-state index in [1.807, 2.05) is 6.92 Å².